The Morgan fingerprint density at radius 2 is 1.08 bits per heavy atom. The zero-order valence-corrected chi connectivity index (χ0v) is 14.9. The summed E-state index contributed by atoms with van der Waals surface area (Å²) in [6.07, 6.45) is 0. The van der Waals surface area contributed by atoms with E-state index in [0.29, 0.717) is 0 Å². The molecule has 2 atom stereocenters. The van der Waals surface area contributed by atoms with Crippen molar-refractivity contribution in [1.29, 1.82) is 0 Å². The molecule has 0 heterocycles. The van der Waals surface area contributed by atoms with Crippen molar-refractivity contribution in [3.05, 3.63) is 0 Å². The molecule has 0 aromatic rings. The van der Waals surface area contributed by atoms with Gasteiger partial charge < -0.3 is 19.8 Å². The van der Waals surface area contributed by atoms with Gasteiger partial charge in [-0.2, -0.15) is 0 Å². The molecule has 0 fully saturated rings. The Hall–Kier alpha value is 1.47. The molecule has 13 heavy (non-hydrogen) atoms. The standard InChI is InChI=1S/2C3H5BrO2.Ba/c2*1-2(4)3(5)6;/h2*2H,1H3,(H,5,6);/q;;+2/p-2. The third-order valence-electron chi connectivity index (χ3n) is 0.650. The van der Waals surface area contributed by atoms with Crippen molar-refractivity contribution in [1.82, 2.24) is 0 Å². The van der Waals surface area contributed by atoms with Crippen LogP contribution in [0.5, 0.6) is 0 Å². The van der Waals surface area contributed by atoms with Crippen molar-refractivity contribution < 1.29 is 19.8 Å². The van der Waals surface area contributed by atoms with E-state index in [2.05, 4.69) is 31.9 Å². The van der Waals surface area contributed by atoms with Crippen molar-refractivity contribution >= 4 is 92.7 Å². The third-order valence-corrected chi connectivity index (χ3v) is 1.40. The Morgan fingerprint density at radius 1 is 1.00 bits per heavy atom. The van der Waals surface area contributed by atoms with Gasteiger partial charge in [-0.15, -0.1) is 0 Å². The molecule has 0 aliphatic carbocycles. The van der Waals surface area contributed by atoms with E-state index < -0.39 is 21.6 Å². The number of carbonyl (C=O) groups is 2. The molecule has 0 saturated carbocycles. The van der Waals surface area contributed by atoms with Crippen molar-refractivity contribution in [2.45, 2.75) is 23.5 Å². The van der Waals surface area contributed by atoms with Gasteiger partial charge in [-0.05, 0) is 13.8 Å². The van der Waals surface area contributed by atoms with Gasteiger partial charge >= 0.3 is 48.9 Å². The maximum Gasteiger partial charge on any atom is 2.00 e. The zero-order valence-electron chi connectivity index (χ0n) is 7.25. The minimum Gasteiger partial charge on any atom is -0.549 e. The summed E-state index contributed by atoms with van der Waals surface area (Å²) in [6, 6.07) is 0. The van der Waals surface area contributed by atoms with Gasteiger partial charge in [0.15, 0.2) is 0 Å². The summed E-state index contributed by atoms with van der Waals surface area (Å²) in [5.41, 5.74) is 0. The molecule has 0 radical (unpaired) electrons. The van der Waals surface area contributed by atoms with Gasteiger partial charge in [0.05, 0.1) is 21.6 Å². The van der Waals surface area contributed by atoms with E-state index in [4.69, 9.17) is 0 Å². The van der Waals surface area contributed by atoms with E-state index in [1.807, 2.05) is 0 Å². The largest absolute Gasteiger partial charge is 2.00 e. The van der Waals surface area contributed by atoms with Crippen LogP contribution in [0.15, 0.2) is 0 Å². The van der Waals surface area contributed by atoms with Crippen LogP contribution in [0.25, 0.3) is 0 Å². The van der Waals surface area contributed by atoms with Gasteiger partial charge in [0.25, 0.3) is 0 Å². The van der Waals surface area contributed by atoms with Crippen LogP contribution >= 0.6 is 31.9 Å². The van der Waals surface area contributed by atoms with E-state index in [1.165, 1.54) is 13.8 Å². The average Bonchev–Trinajstić information content (AvgIpc) is 1.88. The first-order valence-corrected chi connectivity index (χ1v) is 4.82. The number of carboxylic acids is 2. The molecule has 0 aliphatic heterocycles. The van der Waals surface area contributed by atoms with E-state index in [-0.39, 0.29) is 48.9 Å². The second-order valence-electron chi connectivity index (χ2n) is 1.87. The molecule has 0 bridgehead atoms. The van der Waals surface area contributed by atoms with Crippen LogP contribution in [0.4, 0.5) is 0 Å². The Labute approximate surface area is 134 Å². The topological polar surface area (TPSA) is 80.3 Å². The summed E-state index contributed by atoms with van der Waals surface area (Å²) in [4.78, 5) is 18.0. The number of carboxylic acid groups (broad SMARTS) is 2. The second-order valence-corrected chi connectivity index (χ2v) is 4.62. The number of halogens is 2. The zero-order chi connectivity index (χ0) is 10.3. The van der Waals surface area contributed by atoms with Gasteiger partial charge in [0.2, 0.25) is 0 Å². The molecular weight excluding hydrogens is 433 g/mol. The van der Waals surface area contributed by atoms with Crippen LogP contribution in [0.2, 0.25) is 0 Å². The summed E-state index contributed by atoms with van der Waals surface area (Å²) in [7, 11) is 0. The molecule has 0 aliphatic rings. The van der Waals surface area contributed by atoms with E-state index in [9.17, 15) is 19.8 Å². The Kier molecular flexibility index (Phi) is 17.7. The average molecular weight is 441 g/mol. The quantitative estimate of drug-likeness (QED) is 0.393. The van der Waals surface area contributed by atoms with Gasteiger partial charge in [0, 0.05) is 0 Å². The van der Waals surface area contributed by atoms with Crippen molar-refractivity contribution in [2.24, 2.45) is 0 Å². The van der Waals surface area contributed by atoms with Gasteiger partial charge in [-0.1, -0.05) is 31.9 Å². The van der Waals surface area contributed by atoms with Crippen LogP contribution in [0, 0.1) is 0 Å². The van der Waals surface area contributed by atoms with Gasteiger partial charge in [-0.25, -0.2) is 0 Å². The predicted molar refractivity (Wildman–Crippen MR) is 52.5 cm³/mol. The van der Waals surface area contributed by atoms with Crippen LogP contribution < -0.4 is 10.2 Å². The minimum absolute atomic E-state index is 0. The Morgan fingerprint density at radius 3 is 1.08 bits per heavy atom. The molecule has 0 aromatic carbocycles. The molecule has 4 nitrogen and oxygen atoms in total. The molecule has 0 aromatic heterocycles. The maximum absolute atomic E-state index is 9.54. The summed E-state index contributed by atoms with van der Waals surface area (Å²) in [5.74, 6) is -2.15. The molecule has 2 unspecified atom stereocenters. The fourth-order valence-corrected chi connectivity index (χ4v) is 0. The summed E-state index contributed by atoms with van der Waals surface area (Å²) in [6.45, 7) is 2.99. The summed E-state index contributed by atoms with van der Waals surface area (Å²) in [5, 5.41) is 19.1. The molecule has 0 saturated heterocycles. The molecule has 0 amide bonds. The Bertz CT molecular complexity index is 143. The van der Waals surface area contributed by atoms with Crippen molar-refractivity contribution in [3.63, 3.8) is 0 Å². The molecule has 0 rings (SSSR count). The van der Waals surface area contributed by atoms with E-state index >= 15 is 0 Å². The smallest absolute Gasteiger partial charge is 0.549 e. The molecule has 0 spiro atoms. The number of hydrogen-bond donors (Lipinski definition) is 0. The molecular formula is C6H8BaBr2O4. The van der Waals surface area contributed by atoms with Crippen molar-refractivity contribution in [2.75, 3.05) is 0 Å². The predicted octanol–water partition coefficient (Wildman–Crippen LogP) is -1.34. The number of hydrogen-bond acceptors (Lipinski definition) is 4. The first-order valence-electron chi connectivity index (χ1n) is 2.98. The number of alkyl halides is 2. The summed E-state index contributed by atoms with van der Waals surface area (Å²) >= 11 is 5.55. The normalized spacial score (nSPS) is 12.6. The third kappa shape index (κ3) is 19.8. The van der Waals surface area contributed by atoms with E-state index in [1.54, 1.807) is 0 Å². The van der Waals surface area contributed by atoms with Crippen LogP contribution in [0.3, 0.4) is 0 Å². The summed E-state index contributed by atoms with van der Waals surface area (Å²) < 4.78 is 0. The van der Waals surface area contributed by atoms with Gasteiger partial charge in [0.1, 0.15) is 0 Å². The molecule has 72 valence electrons. The van der Waals surface area contributed by atoms with E-state index in [0.717, 1.165) is 0 Å². The number of carbonyl (C=O) groups excluding carboxylic acids is 2. The van der Waals surface area contributed by atoms with Crippen LogP contribution in [-0.2, 0) is 9.59 Å². The SMILES string of the molecule is CC(Br)C(=O)[O-].CC(Br)C(=O)[O-].[Ba+2]. The van der Waals surface area contributed by atoms with Crippen LogP contribution in [0.1, 0.15) is 13.8 Å². The second kappa shape index (κ2) is 11.5. The minimum atomic E-state index is -1.07. The Balaban J connectivity index is -0.000000143. The monoisotopic (exact) mass is 440 g/mol. The number of rotatable bonds is 2. The van der Waals surface area contributed by atoms with Crippen LogP contribution in [-0.4, -0.2) is 70.5 Å². The fraction of sp³-hybridized carbons (Fsp3) is 0.667. The molecule has 0 N–H and O–H groups in total. The first kappa shape index (κ1) is 20.0. The number of aliphatic carboxylic acids is 2. The fourth-order valence-electron chi connectivity index (χ4n) is 0. The molecule has 7 heteroatoms. The van der Waals surface area contributed by atoms with Gasteiger partial charge in [-0.3, -0.25) is 0 Å². The maximum atomic E-state index is 9.54. The first-order chi connectivity index (χ1) is 5.29. The van der Waals surface area contributed by atoms with Crippen molar-refractivity contribution in [3.8, 4) is 0 Å².